The first-order valence-electron chi connectivity index (χ1n) is 6.39. The molecule has 5 heteroatoms. The number of urea groups is 1. The maximum atomic E-state index is 11.6. The Hall–Kier alpha value is -1.59. The van der Waals surface area contributed by atoms with Crippen molar-refractivity contribution in [2.75, 3.05) is 20.3 Å². The molecule has 0 aliphatic rings. The Labute approximate surface area is 114 Å². The molecule has 0 heterocycles. The summed E-state index contributed by atoms with van der Waals surface area (Å²) in [4.78, 5) is 11.6. The summed E-state index contributed by atoms with van der Waals surface area (Å²) < 4.78 is 4.81. The van der Waals surface area contributed by atoms with Crippen LogP contribution in [-0.2, 0) is 4.74 Å². The monoisotopic (exact) mass is 266 g/mol. The highest BCUT2D eigenvalue weighted by Gasteiger charge is 2.09. The van der Waals surface area contributed by atoms with Gasteiger partial charge in [-0.1, -0.05) is 30.3 Å². The Balaban J connectivity index is 2.24. The summed E-state index contributed by atoms with van der Waals surface area (Å²) in [5.74, 6) is 0. The molecule has 106 valence electrons. The van der Waals surface area contributed by atoms with Gasteiger partial charge < -0.3 is 20.5 Å². The minimum Gasteiger partial charge on any atom is -0.391 e. The molecule has 5 nitrogen and oxygen atoms in total. The van der Waals surface area contributed by atoms with Crippen molar-refractivity contribution >= 4 is 6.03 Å². The van der Waals surface area contributed by atoms with Gasteiger partial charge in [0.05, 0.1) is 18.8 Å². The van der Waals surface area contributed by atoms with Crippen LogP contribution in [0.25, 0.3) is 0 Å². The lowest BCUT2D eigenvalue weighted by Gasteiger charge is -2.15. The number of aliphatic hydroxyl groups excluding tert-OH is 1. The topological polar surface area (TPSA) is 70.6 Å². The van der Waals surface area contributed by atoms with Crippen LogP contribution in [0.15, 0.2) is 30.3 Å². The van der Waals surface area contributed by atoms with E-state index in [0.29, 0.717) is 13.0 Å². The maximum absolute atomic E-state index is 11.6. The number of amides is 2. The minimum atomic E-state index is -0.545. The summed E-state index contributed by atoms with van der Waals surface area (Å²) >= 11 is 0. The largest absolute Gasteiger partial charge is 0.391 e. The fourth-order valence-corrected chi connectivity index (χ4v) is 1.70. The minimum absolute atomic E-state index is 0.0508. The molecule has 0 saturated heterocycles. The van der Waals surface area contributed by atoms with E-state index in [0.717, 1.165) is 5.56 Å². The molecule has 0 saturated carbocycles. The molecule has 1 rings (SSSR count). The molecule has 2 atom stereocenters. The lowest BCUT2D eigenvalue weighted by atomic mass is 10.1. The van der Waals surface area contributed by atoms with E-state index in [1.807, 2.05) is 37.3 Å². The van der Waals surface area contributed by atoms with Crippen molar-refractivity contribution in [1.82, 2.24) is 10.6 Å². The van der Waals surface area contributed by atoms with Gasteiger partial charge in [0, 0.05) is 13.7 Å². The van der Waals surface area contributed by atoms with Crippen LogP contribution in [0.1, 0.15) is 24.9 Å². The van der Waals surface area contributed by atoms with Crippen molar-refractivity contribution in [3.63, 3.8) is 0 Å². The van der Waals surface area contributed by atoms with Crippen LogP contribution < -0.4 is 10.6 Å². The van der Waals surface area contributed by atoms with Gasteiger partial charge in [-0.15, -0.1) is 0 Å². The quantitative estimate of drug-likeness (QED) is 0.699. The van der Waals surface area contributed by atoms with Crippen molar-refractivity contribution < 1.29 is 14.6 Å². The third-order valence-electron chi connectivity index (χ3n) is 2.77. The molecule has 0 radical (unpaired) electrons. The number of methoxy groups -OCH3 is 1. The van der Waals surface area contributed by atoms with Crippen LogP contribution in [0.2, 0.25) is 0 Å². The Kier molecular flexibility index (Phi) is 6.92. The predicted molar refractivity (Wildman–Crippen MR) is 73.9 cm³/mol. The predicted octanol–water partition coefficient (Wildman–Crippen LogP) is 1.44. The molecule has 0 spiro atoms. The van der Waals surface area contributed by atoms with Crippen LogP contribution >= 0.6 is 0 Å². The lowest BCUT2D eigenvalue weighted by Crippen LogP contribution is -2.38. The van der Waals surface area contributed by atoms with Gasteiger partial charge in [0.15, 0.2) is 0 Å². The molecule has 1 aromatic carbocycles. The fourth-order valence-electron chi connectivity index (χ4n) is 1.70. The van der Waals surface area contributed by atoms with Crippen LogP contribution in [-0.4, -0.2) is 37.5 Å². The molecule has 0 fully saturated rings. The highest BCUT2D eigenvalue weighted by molar-refractivity contribution is 5.74. The first-order chi connectivity index (χ1) is 9.13. The second-order valence-corrected chi connectivity index (χ2v) is 4.43. The van der Waals surface area contributed by atoms with E-state index in [2.05, 4.69) is 10.6 Å². The summed E-state index contributed by atoms with van der Waals surface area (Å²) in [5.41, 5.74) is 1.05. The number of ether oxygens (including phenoxy) is 1. The van der Waals surface area contributed by atoms with Crippen molar-refractivity contribution in [2.24, 2.45) is 0 Å². The smallest absolute Gasteiger partial charge is 0.315 e. The maximum Gasteiger partial charge on any atom is 0.315 e. The van der Waals surface area contributed by atoms with Gasteiger partial charge in [0.25, 0.3) is 0 Å². The van der Waals surface area contributed by atoms with Crippen LogP contribution in [0, 0.1) is 0 Å². The lowest BCUT2D eigenvalue weighted by molar-refractivity contribution is 0.0598. The van der Waals surface area contributed by atoms with E-state index in [1.54, 1.807) is 0 Å². The number of hydrogen-bond donors (Lipinski definition) is 3. The van der Waals surface area contributed by atoms with E-state index in [1.165, 1.54) is 7.11 Å². The number of benzene rings is 1. The number of carbonyl (C=O) groups excluding carboxylic acids is 1. The average Bonchev–Trinajstić information content (AvgIpc) is 2.40. The number of aliphatic hydroxyl groups is 1. The number of hydrogen-bond acceptors (Lipinski definition) is 3. The Morgan fingerprint density at radius 3 is 2.68 bits per heavy atom. The third kappa shape index (κ3) is 6.22. The normalized spacial score (nSPS) is 13.6. The number of nitrogens with one attached hydrogen (secondary N) is 2. The highest BCUT2D eigenvalue weighted by Crippen LogP contribution is 2.10. The van der Waals surface area contributed by atoms with E-state index in [4.69, 9.17) is 4.74 Å². The van der Waals surface area contributed by atoms with Crippen molar-refractivity contribution in [3.05, 3.63) is 35.9 Å². The molecule has 1 aromatic rings. The van der Waals surface area contributed by atoms with Gasteiger partial charge in [-0.2, -0.15) is 0 Å². The van der Waals surface area contributed by atoms with Gasteiger partial charge in [0.1, 0.15) is 0 Å². The van der Waals surface area contributed by atoms with Crippen LogP contribution in [0.5, 0.6) is 0 Å². The van der Waals surface area contributed by atoms with Gasteiger partial charge in [-0.25, -0.2) is 4.79 Å². The zero-order valence-electron chi connectivity index (χ0n) is 11.4. The number of carbonyl (C=O) groups is 1. The van der Waals surface area contributed by atoms with E-state index < -0.39 is 6.10 Å². The van der Waals surface area contributed by atoms with Gasteiger partial charge >= 0.3 is 6.03 Å². The Morgan fingerprint density at radius 2 is 2.05 bits per heavy atom. The molecule has 3 N–H and O–H groups in total. The third-order valence-corrected chi connectivity index (χ3v) is 2.77. The standard InChI is InChI=1S/C14H22N2O3/c1-11(12-6-4-3-5-7-12)16-14(18)15-9-8-13(17)10-19-2/h3-7,11,13,17H,8-10H2,1-2H3,(H2,15,16,18). The summed E-state index contributed by atoms with van der Waals surface area (Å²) in [6.45, 7) is 2.62. The Morgan fingerprint density at radius 1 is 1.37 bits per heavy atom. The molecule has 0 bridgehead atoms. The summed E-state index contributed by atoms with van der Waals surface area (Å²) in [6, 6.07) is 9.46. The molecule has 2 amide bonds. The average molecular weight is 266 g/mol. The van der Waals surface area contributed by atoms with E-state index >= 15 is 0 Å². The zero-order chi connectivity index (χ0) is 14.1. The first-order valence-corrected chi connectivity index (χ1v) is 6.39. The van der Waals surface area contributed by atoms with Gasteiger partial charge in [0.2, 0.25) is 0 Å². The van der Waals surface area contributed by atoms with E-state index in [-0.39, 0.29) is 18.7 Å². The molecule has 0 aliphatic heterocycles. The van der Waals surface area contributed by atoms with Crippen molar-refractivity contribution in [1.29, 1.82) is 0 Å². The summed E-state index contributed by atoms with van der Waals surface area (Å²) in [6.07, 6.45) is -0.0714. The second-order valence-electron chi connectivity index (χ2n) is 4.43. The van der Waals surface area contributed by atoms with E-state index in [9.17, 15) is 9.90 Å². The van der Waals surface area contributed by atoms with Crippen molar-refractivity contribution in [3.8, 4) is 0 Å². The second kappa shape index (κ2) is 8.50. The van der Waals surface area contributed by atoms with Crippen molar-refractivity contribution in [2.45, 2.75) is 25.5 Å². The van der Waals surface area contributed by atoms with Crippen LogP contribution in [0.4, 0.5) is 4.79 Å². The summed E-state index contributed by atoms with van der Waals surface area (Å²) in [7, 11) is 1.53. The van der Waals surface area contributed by atoms with Crippen LogP contribution in [0.3, 0.4) is 0 Å². The van der Waals surface area contributed by atoms with Gasteiger partial charge in [-0.3, -0.25) is 0 Å². The first kappa shape index (κ1) is 15.5. The SMILES string of the molecule is COCC(O)CCNC(=O)NC(C)c1ccccc1. The molecule has 0 aromatic heterocycles. The molecule has 0 aliphatic carbocycles. The highest BCUT2D eigenvalue weighted by atomic mass is 16.5. The molecular weight excluding hydrogens is 244 g/mol. The fraction of sp³-hybridized carbons (Fsp3) is 0.500. The zero-order valence-corrected chi connectivity index (χ0v) is 11.4. The molecular formula is C14H22N2O3. The van der Waals surface area contributed by atoms with Gasteiger partial charge in [-0.05, 0) is 18.9 Å². The number of rotatable bonds is 7. The molecule has 19 heavy (non-hydrogen) atoms. The summed E-state index contributed by atoms with van der Waals surface area (Å²) in [5, 5.41) is 15.0. The Bertz CT molecular complexity index is 370. The molecule has 2 unspecified atom stereocenters.